The average molecular weight is 219 g/mol. The zero-order valence-corrected chi connectivity index (χ0v) is 8.74. The molecular formula is C12H10FNO2. The maximum absolute atomic E-state index is 13.4. The van der Waals surface area contributed by atoms with Gasteiger partial charge in [0.1, 0.15) is 17.4 Å². The predicted octanol–water partition coefficient (Wildman–Crippen LogP) is 2.61. The van der Waals surface area contributed by atoms with Gasteiger partial charge in [-0.05, 0) is 19.1 Å². The lowest BCUT2D eigenvalue weighted by Gasteiger charge is -1.96. The Morgan fingerprint density at radius 2 is 2.19 bits per heavy atom. The van der Waals surface area contributed by atoms with Gasteiger partial charge >= 0.3 is 0 Å². The highest BCUT2D eigenvalue weighted by Gasteiger charge is 2.11. The van der Waals surface area contributed by atoms with Crippen LogP contribution in [0.4, 0.5) is 4.39 Å². The van der Waals surface area contributed by atoms with Crippen LogP contribution < -0.4 is 0 Å². The number of Topliss-reactive ketones (excluding diaryl/α,β-unsaturated/α-hetero) is 1. The number of carbonyl (C=O) groups excluding carboxylic acids is 1. The molecule has 2 rings (SSSR count). The van der Waals surface area contributed by atoms with Gasteiger partial charge in [0.25, 0.3) is 0 Å². The van der Waals surface area contributed by atoms with E-state index >= 15 is 0 Å². The van der Waals surface area contributed by atoms with Crippen LogP contribution in [0.25, 0.3) is 11.5 Å². The third-order valence-corrected chi connectivity index (χ3v) is 2.08. The fourth-order valence-corrected chi connectivity index (χ4v) is 1.39. The summed E-state index contributed by atoms with van der Waals surface area (Å²) in [5.41, 5.74) is 0.303. The molecule has 3 nitrogen and oxygen atoms in total. The summed E-state index contributed by atoms with van der Waals surface area (Å²) < 4.78 is 18.7. The Bertz CT molecular complexity index is 519. The van der Waals surface area contributed by atoms with Gasteiger partial charge in [-0.15, -0.1) is 0 Å². The van der Waals surface area contributed by atoms with Crippen molar-refractivity contribution in [3.8, 4) is 11.5 Å². The molecule has 0 aliphatic rings. The first kappa shape index (κ1) is 10.5. The summed E-state index contributed by atoms with van der Waals surface area (Å²) in [6.07, 6.45) is 1.63. The summed E-state index contributed by atoms with van der Waals surface area (Å²) in [6.45, 7) is 1.46. The third-order valence-electron chi connectivity index (χ3n) is 2.08. The summed E-state index contributed by atoms with van der Waals surface area (Å²) in [7, 11) is 0. The lowest BCUT2D eigenvalue weighted by molar-refractivity contribution is -0.116. The van der Waals surface area contributed by atoms with Crippen LogP contribution in [0.3, 0.4) is 0 Å². The number of ketones is 1. The van der Waals surface area contributed by atoms with Gasteiger partial charge in [-0.3, -0.25) is 4.79 Å². The summed E-state index contributed by atoms with van der Waals surface area (Å²) in [5, 5.41) is 0. The van der Waals surface area contributed by atoms with E-state index in [2.05, 4.69) is 4.98 Å². The van der Waals surface area contributed by atoms with Crippen LogP contribution in [0.1, 0.15) is 12.7 Å². The molecule has 0 spiro atoms. The topological polar surface area (TPSA) is 43.1 Å². The Hall–Kier alpha value is -1.97. The molecule has 0 aliphatic carbocycles. The fraction of sp³-hybridized carbons (Fsp3) is 0.167. The van der Waals surface area contributed by atoms with Crippen LogP contribution >= 0.6 is 0 Å². The van der Waals surface area contributed by atoms with Crippen LogP contribution in [0.2, 0.25) is 0 Å². The summed E-state index contributed by atoms with van der Waals surface area (Å²) in [4.78, 5) is 14.8. The lowest BCUT2D eigenvalue weighted by atomic mass is 10.2. The van der Waals surface area contributed by atoms with Crippen LogP contribution in [0.5, 0.6) is 0 Å². The van der Waals surface area contributed by atoms with Gasteiger partial charge < -0.3 is 4.42 Å². The number of benzene rings is 1. The van der Waals surface area contributed by atoms with Crippen molar-refractivity contribution in [2.45, 2.75) is 13.3 Å². The molecule has 0 atom stereocenters. The Kier molecular flexibility index (Phi) is 2.81. The van der Waals surface area contributed by atoms with Crippen LogP contribution in [-0.4, -0.2) is 10.8 Å². The number of nitrogens with zero attached hydrogens (tertiary/aromatic N) is 1. The van der Waals surface area contributed by atoms with E-state index in [0.29, 0.717) is 11.3 Å². The molecule has 1 heterocycles. The maximum Gasteiger partial charge on any atom is 0.229 e. The third kappa shape index (κ3) is 2.16. The minimum Gasteiger partial charge on any atom is -0.441 e. The number of halogens is 1. The van der Waals surface area contributed by atoms with E-state index in [1.165, 1.54) is 19.2 Å². The lowest BCUT2D eigenvalue weighted by Crippen LogP contribution is -1.93. The summed E-state index contributed by atoms with van der Waals surface area (Å²) in [5.74, 6) is 0.245. The first-order valence-corrected chi connectivity index (χ1v) is 4.86. The molecule has 0 bridgehead atoms. The molecule has 1 aromatic carbocycles. The van der Waals surface area contributed by atoms with Crippen molar-refractivity contribution in [2.75, 3.05) is 0 Å². The van der Waals surface area contributed by atoms with E-state index in [1.807, 2.05) is 0 Å². The van der Waals surface area contributed by atoms with E-state index in [9.17, 15) is 9.18 Å². The SMILES string of the molecule is CC(=O)Cc1cnc(-c2ccccc2F)o1. The highest BCUT2D eigenvalue weighted by atomic mass is 19.1. The second-order valence-corrected chi connectivity index (χ2v) is 3.49. The van der Waals surface area contributed by atoms with E-state index in [1.54, 1.807) is 18.2 Å². The Labute approximate surface area is 91.9 Å². The standard InChI is InChI=1S/C12H10FNO2/c1-8(15)6-9-7-14-12(16-9)10-4-2-3-5-11(10)13/h2-5,7H,6H2,1H3. The van der Waals surface area contributed by atoms with Crippen molar-refractivity contribution in [1.82, 2.24) is 4.98 Å². The highest BCUT2D eigenvalue weighted by molar-refractivity contribution is 5.77. The molecular weight excluding hydrogens is 209 g/mol. The molecule has 0 unspecified atom stereocenters. The Morgan fingerprint density at radius 1 is 1.44 bits per heavy atom. The monoisotopic (exact) mass is 219 g/mol. The number of hydrogen-bond donors (Lipinski definition) is 0. The van der Waals surface area contributed by atoms with Gasteiger partial charge in [-0.2, -0.15) is 0 Å². The zero-order valence-electron chi connectivity index (χ0n) is 8.74. The fourth-order valence-electron chi connectivity index (χ4n) is 1.39. The van der Waals surface area contributed by atoms with E-state index in [0.717, 1.165) is 0 Å². The minimum absolute atomic E-state index is 0.0174. The molecule has 16 heavy (non-hydrogen) atoms. The summed E-state index contributed by atoms with van der Waals surface area (Å²) >= 11 is 0. The Balaban J connectivity index is 2.32. The zero-order chi connectivity index (χ0) is 11.5. The normalized spacial score (nSPS) is 10.4. The smallest absolute Gasteiger partial charge is 0.229 e. The molecule has 2 aromatic rings. The number of aromatic nitrogens is 1. The highest BCUT2D eigenvalue weighted by Crippen LogP contribution is 2.22. The van der Waals surface area contributed by atoms with Crippen LogP contribution in [-0.2, 0) is 11.2 Å². The molecule has 4 heteroatoms. The Morgan fingerprint density at radius 3 is 2.88 bits per heavy atom. The first-order chi connectivity index (χ1) is 7.66. The van der Waals surface area contributed by atoms with E-state index < -0.39 is 5.82 Å². The van der Waals surface area contributed by atoms with Gasteiger partial charge in [-0.25, -0.2) is 9.37 Å². The van der Waals surface area contributed by atoms with Crippen LogP contribution in [0.15, 0.2) is 34.9 Å². The maximum atomic E-state index is 13.4. The largest absolute Gasteiger partial charge is 0.441 e. The molecule has 82 valence electrons. The number of carbonyl (C=O) groups is 1. The van der Waals surface area contributed by atoms with Crippen molar-refractivity contribution >= 4 is 5.78 Å². The molecule has 0 saturated carbocycles. The van der Waals surface area contributed by atoms with Crippen molar-refractivity contribution < 1.29 is 13.6 Å². The predicted molar refractivity (Wildman–Crippen MR) is 56.3 cm³/mol. The molecule has 0 amide bonds. The van der Waals surface area contributed by atoms with Crippen molar-refractivity contribution in [1.29, 1.82) is 0 Å². The van der Waals surface area contributed by atoms with Gasteiger partial charge in [-0.1, -0.05) is 12.1 Å². The quantitative estimate of drug-likeness (QED) is 0.796. The molecule has 1 aromatic heterocycles. The molecule has 0 N–H and O–H groups in total. The molecule has 0 saturated heterocycles. The van der Waals surface area contributed by atoms with Crippen molar-refractivity contribution in [3.63, 3.8) is 0 Å². The van der Waals surface area contributed by atoms with Gasteiger partial charge in [0, 0.05) is 0 Å². The summed E-state index contributed by atoms with van der Waals surface area (Å²) in [6, 6.07) is 6.22. The number of rotatable bonds is 3. The minimum atomic E-state index is -0.390. The average Bonchev–Trinajstić information content (AvgIpc) is 2.66. The van der Waals surface area contributed by atoms with E-state index in [-0.39, 0.29) is 18.1 Å². The molecule has 0 radical (unpaired) electrons. The van der Waals surface area contributed by atoms with Crippen molar-refractivity contribution in [2.24, 2.45) is 0 Å². The van der Waals surface area contributed by atoms with Crippen LogP contribution in [0, 0.1) is 5.82 Å². The van der Waals surface area contributed by atoms with Gasteiger partial charge in [0.2, 0.25) is 5.89 Å². The second kappa shape index (κ2) is 4.26. The van der Waals surface area contributed by atoms with Gasteiger partial charge in [0.05, 0.1) is 18.2 Å². The number of hydrogen-bond acceptors (Lipinski definition) is 3. The van der Waals surface area contributed by atoms with E-state index in [4.69, 9.17) is 4.42 Å². The number of oxazole rings is 1. The second-order valence-electron chi connectivity index (χ2n) is 3.49. The molecule has 0 aliphatic heterocycles. The first-order valence-electron chi connectivity index (χ1n) is 4.86. The van der Waals surface area contributed by atoms with Gasteiger partial charge in [0.15, 0.2) is 0 Å². The molecule has 0 fully saturated rings. The van der Waals surface area contributed by atoms with Crippen molar-refractivity contribution in [3.05, 3.63) is 42.0 Å².